The van der Waals surface area contributed by atoms with Gasteiger partial charge in [0.25, 0.3) is 0 Å². The van der Waals surface area contributed by atoms with Crippen molar-refractivity contribution in [3.63, 3.8) is 0 Å². The number of unbranched alkanes of at least 4 members (excludes halogenated alkanes) is 6. The molecule has 0 bridgehead atoms. The van der Waals surface area contributed by atoms with Gasteiger partial charge in [-0.2, -0.15) is 0 Å². The van der Waals surface area contributed by atoms with E-state index in [4.69, 9.17) is 4.74 Å². The van der Waals surface area contributed by atoms with Crippen LogP contribution in [0.2, 0.25) is 0 Å². The van der Waals surface area contributed by atoms with E-state index in [2.05, 4.69) is 25.7 Å². The molecule has 0 atom stereocenters. The van der Waals surface area contributed by atoms with Gasteiger partial charge in [-0.25, -0.2) is 0 Å². The zero-order chi connectivity index (χ0) is 15.6. The number of ether oxygens (including phenoxy) is 1. The molecule has 1 amide bonds. The molecule has 124 valence electrons. The maximum atomic E-state index is 12.2. The largest absolute Gasteiger partial charge is 0.370 e. The van der Waals surface area contributed by atoms with Crippen LogP contribution in [0.15, 0.2) is 0 Å². The first-order valence-electron chi connectivity index (χ1n) is 9.02. The second-order valence-corrected chi connectivity index (χ2v) is 6.72. The van der Waals surface area contributed by atoms with E-state index < -0.39 is 0 Å². The Labute approximate surface area is 131 Å². The molecule has 1 heterocycles. The van der Waals surface area contributed by atoms with Gasteiger partial charge in [-0.15, -0.1) is 0 Å². The minimum Gasteiger partial charge on any atom is -0.370 e. The van der Waals surface area contributed by atoms with Crippen LogP contribution in [0.3, 0.4) is 0 Å². The minimum absolute atomic E-state index is 0.0440. The maximum absolute atomic E-state index is 12.2. The number of carbonyl (C=O) groups excluding carboxylic acids is 1. The smallest absolute Gasteiger partial charge is 0.249 e. The molecule has 1 aliphatic heterocycles. The van der Waals surface area contributed by atoms with Crippen molar-refractivity contribution < 1.29 is 9.53 Å². The Morgan fingerprint density at radius 1 is 1.00 bits per heavy atom. The zero-order valence-electron chi connectivity index (χ0n) is 14.5. The molecule has 1 fully saturated rings. The number of morpholine rings is 1. The van der Waals surface area contributed by atoms with E-state index >= 15 is 0 Å². The molecule has 0 unspecified atom stereocenters. The van der Waals surface area contributed by atoms with Gasteiger partial charge >= 0.3 is 0 Å². The molecule has 0 spiro atoms. The molecule has 0 N–H and O–H groups in total. The van der Waals surface area contributed by atoms with Gasteiger partial charge < -0.3 is 9.64 Å². The van der Waals surface area contributed by atoms with Crippen LogP contribution in [0.5, 0.6) is 0 Å². The van der Waals surface area contributed by atoms with Crippen LogP contribution >= 0.6 is 0 Å². The van der Waals surface area contributed by atoms with E-state index in [1.165, 1.54) is 51.4 Å². The molecule has 0 aromatic heterocycles. The monoisotopic (exact) mass is 297 g/mol. The highest BCUT2D eigenvalue weighted by Gasteiger charge is 2.35. The van der Waals surface area contributed by atoms with E-state index in [-0.39, 0.29) is 18.1 Å². The number of carbonyl (C=O) groups is 1. The summed E-state index contributed by atoms with van der Waals surface area (Å²) in [5, 5.41) is 0. The molecule has 0 aromatic carbocycles. The van der Waals surface area contributed by atoms with Crippen LogP contribution in [0.25, 0.3) is 0 Å². The van der Waals surface area contributed by atoms with Gasteiger partial charge in [0, 0.05) is 12.1 Å². The van der Waals surface area contributed by atoms with Gasteiger partial charge in [0.2, 0.25) is 5.91 Å². The number of rotatable bonds is 11. The van der Waals surface area contributed by atoms with E-state index in [1.807, 2.05) is 0 Å². The number of amides is 1. The normalized spacial score (nSPS) is 16.5. The van der Waals surface area contributed by atoms with Gasteiger partial charge in [-0.3, -0.25) is 4.79 Å². The van der Waals surface area contributed by atoms with Crippen molar-refractivity contribution in [2.45, 2.75) is 90.5 Å². The van der Waals surface area contributed by atoms with Crippen LogP contribution < -0.4 is 0 Å². The summed E-state index contributed by atoms with van der Waals surface area (Å²) in [5.74, 6) is 0.190. The molecule has 1 rings (SSSR count). The van der Waals surface area contributed by atoms with Crippen LogP contribution in [0.4, 0.5) is 0 Å². The van der Waals surface area contributed by atoms with Crippen LogP contribution in [0.1, 0.15) is 85.0 Å². The highest BCUT2D eigenvalue weighted by Crippen LogP contribution is 2.30. The molecule has 0 aliphatic carbocycles. The van der Waals surface area contributed by atoms with Crippen molar-refractivity contribution in [1.82, 2.24) is 4.90 Å². The summed E-state index contributed by atoms with van der Waals surface area (Å²) in [4.78, 5) is 14.3. The lowest BCUT2D eigenvalue weighted by atomic mass is 9.86. The van der Waals surface area contributed by atoms with Crippen LogP contribution in [-0.4, -0.2) is 36.1 Å². The first kappa shape index (κ1) is 18.5. The summed E-state index contributed by atoms with van der Waals surface area (Å²) in [6, 6.07) is 0. The molecule has 0 aromatic rings. The Morgan fingerprint density at radius 2 is 1.57 bits per heavy atom. The van der Waals surface area contributed by atoms with Crippen molar-refractivity contribution in [3.8, 4) is 0 Å². The summed E-state index contributed by atoms with van der Waals surface area (Å²) < 4.78 is 5.30. The third kappa shape index (κ3) is 6.37. The highest BCUT2D eigenvalue weighted by molar-refractivity contribution is 5.78. The average Bonchev–Trinajstić information content (AvgIpc) is 2.49. The van der Waals surface area contributed by atoms with E-state index in [1.54, 1.807) is 0 Å². The first-order valence-corrected chi connectivity index (χ1v) is 9.02. The maximum Gasteiger partial charge on any atom is 0.249 e. The Hall–Kier alpha value is -0.570. The van der Waals surface area contributed by atoms with Crippen LogP contribution in [-0.2, 0) is 9.53 Å². The molecule has 0 saturated carbocycles. The minimum atomic E-state index is 0.0440. The van der Waals surface area contributed by atoms with Gasteiger partial charge in [0.05, 0.1) is 6.61 Å². The second-order valence-electron chi connectivity index (χ2n) is 6.72. The van der Waals surface area contributed by atoms with E-state index in [0.29, 0.717) is 6.61 Å². The fourth-order valence-corrected chi connectivity index (χ4v) is 3.35. The Morgan fingerprint density at radius 3 is 2.05 bits per heavy atom. The van der Waals surface area contributed by atoms with Crippen molar-refractivity contribution in [2.75, 3.05) is 19.8 Å². The summed E-state index contributed by atoms with van der Waals surface area (Å²) in [6.45, 7) is 8.54. The standard InChI is InChI=1S/C18H35NO2/c1-4-6-8-10-12-18(3,13-11-9-7-5-2)19-14-15-21-16-17(19)20/h4-16H2,1-3H3. The average molecular weight is 297 g/mol. The molecular weight excluding hydrogens is 262 g/mol. The van der Waals surface area contributed by atoms with Crippen molar-refractivity contribution >= 4 is 5.91 Å². The van der Waals surface area contributed by atoms with Crippen molar-refractivity contribution in [2.24, 2.45) is 0 Å². The number of nitrogens with zero attached hydrogens (tertiary/aromatic N) is 1. The SMILES string of the molecule is CCCCCCC(C)(CCCCCC)N1CCOCC1=O. The van der Waals surface area contributed by atoms with E-state index in [9.17, 15) is 4.79 Å². The summed E-state index contributed by atoms with van der Waals surface area (Å²) in [7, 11) is 0. The Balaban J connectivity index is 2.55. The summed E-state index contributed by atoms with van der Waals surface area (Å²) >= 11 is 0. The fourth-order valence-electron chi connectivity index (χ4n) is 3.35. The zero-order valence-corrected chi connectivity index (χ0v) is 14.5. The van der Waals surface area contributed by atoms with Crippen molar-refractivity contribution in [1.29, 1.82) is 0 Å². The number of hydrogen-bond acceptors (Lipinski definition) is 2. The molecule has 0 radical (unpaired) electrons. The third-order valence-corrected chi connectivity index (χ3v) is 4.78. The lowest BCUT2D eigenvalue weighted by Gasteiger charge is -2.44. The van der Waals surface area contributed by atoms with Gasteiger partial charge in [-0.05, 0) is 19.8 Å². The molecule has 3 nitrogen and oxygen atoms in total. The first-order chi connectivity index (χ1) is 10.1. The molecule has 3 heteroatoms. The third-order valence-electron chi connectivity index (χ3n) is 4.78. The lowest BCUT2D eigenvalue weighted by Crippen LogP contribution is -2.54. The second kappa shape index (κ2) is 10.2. The van der Waals surface area contributed by atoms with E-state index in [0.717, 1.165) is 19.4 Å². The summed E-state index contributed by atoms with van der Waals surface area (Å²) in [6.07, 6.45) is 12.5. The lowest BCUT2D eigenvalue weighted by molar-refractivity contribution is -0.151. The van der Waals surface area contributed by atoms with Crippen LogP contribution in [0, 0.1) is 0 Å². The van der Waals surface area contributed by atoms with Gasteiger partial charge in [-0.1, -0.05) is 65.2 Å². The number of hydrogen-bond donors (Lipinski definition) is 0. The predicted octanol–water partition coefficient (Wildman–Crippen LogP) is 4.54. The molecular formula is C18H35NO2. The summed E-state index contributed by atoms with van der Waals surface area (Å²) in [5.41, 5.74) is 0.0440. The molecule has 1 saturated heterocycles. The topological polar surface area (TPSA) is 29.5 Å². The fraction of sp³-hybridized carbons (Fsp3) is 0.944. The highest BCUT2D eigenvalue weighted by atomic mass is 16.5. The Bertz CT molecular complexity index is 279. The molecule has 1 aliphatic rings. The van der Waals surface area contributed by atoms with Gasteiger partial charge in [0.1, 0.15) is 6.61 Å². The predicted molar refractivity (Wildman–Crippen MR) is 88.5 cm³/mol. The quantitative estimate of drug-likeness (QED) is 0.524. The van der Waals surface area contributed by atoms with Crippen molar-refractivity contribution in [3.05, 3.63) is 0 Å². The van der Waals surface area contributed by atoms with Gasteiger partial charge in [0.15, 0.2) is 0 Å². The Kier molecular flexibility index (Phi) is 8.98. The molecule has 21 heavy (non-hydrogen) atoms.